The van der Waals surface area contributed by atoms with Crippen molar-refractivity contribution in [1.29, 1.82) is 0 Å². The average molecular weight is 363 g/mol. The highest BCUT2D eigenvalue weighted by Crippen LogP contribution is 2.21. The third-order valence-electron chi connectivity index (χ3n) is 2.69. The molecule has 7 heteroatoms. The number of urea groups is 1. The number of hydrogen-bond acceptors (Lipinski definition) is 3. The molecule has 0 unspecified atom stereocenters. The molecule has 0 radical (unpaired) electrons. The maximum atomic E-state index is 12.0. The summed E-state index contributed by atoms with van der Waals surface area (Å²) in [6.07, 6.45) is 0.416. The maximum absolute atomic E-state index is 12.0. The van der Waals surface area contributed by atoms with Gasteiger partial charge >= 0.3 is 12.0 Å². The average Bonchev–Trinajstić information content (AvgIpc) is 2.72. The molecule has 0 saturated carbocycles. The topological polar surface area (TPSA) is 69.6 Å². The Bertz CT molecular complexity index is 476. The van der Waals surface area contributed by atoms with Gasteiger partial charge < -0.3 is 15.3 Å². The molecule has 0 spiro atoms. The van der Waals surface area contributed by atoms with Crippen LogP contribution in [0.25, 0.3) is 0 Å². The van der Waals surface area contributed by atoms with E-state index >= 15 is 0 Å². The zero-order chi connectivity index (χ0) is 15.3. The number of carbonyl (C=O) groups is 2. The van der Waals surface area contributed by atoms with Crippen LogP contribution in [0.2, 0.25) is 0 Å². The number of nitrogens with one attached hydrogen (secondary N) is 1. The Balaban J connectivity index is 2.57. The summed E-state index contributed by atoms with van der Waals surface area (Å²) < 4.78 is 1.00. The molecule has 2 amide bonds. The van der Waals surface area contributed by atoms with Gasteiger partial charge in [0.15, 0.2) is 0 Å². The zero-order valence-electron chi connectivity index (χ0n) is 11.7. The van der Waals surface area contributed by atoms with E-state index in [0.29, 0.717) is 13.0 Å². The van der Waals surface area contributed by atoms with Crippen molar-refractivity contribution >= 4 is 39.3 Å². The standard InChI is InChI=1S/C13H19BrN2O3S/c1-8(2)4-10(12(17)18)15-13(19)16(3)6-9-5-11(14)20-7-9/h5,7-8,10H,4,6H2,1-3H3,(H,15,19)(H,17,18)/t10-/m1/s1. The second-order valence-electron chi connectivity index (χ2n) is 5.08. The molecule has 0 aliphatic carbocycles. The molecule has 112 valence electrons. The zero-order valence-corrected chi connectivity index (χ0v) is 14.1. The van der Waals surface area contributed by atoms with Crippen LogP contribution in [0.5, 0.6) is 0 Å². The first-order valence-electron chi connectivity index (χ1n) is 6.27. The van der Waals surface area contributed by atoms with Crippen molar-refractivity contribution in [3.63, 3.8) is 0 Å². The minimum absolute atomic E-state index is 0.203. The number of nitrogens with zero attached hydrogens (tertiary/aromatic N) is 1. The number of rotatable bonds is 6. The van der Waals surface area contributed by atoms with Crippen LogP contribution in [0.1, 0.15) is 25.8 Å². The fourth-order valence-electron chi connectivity index (χ4n) is 1.73. The Kier molecular flexibility index (Phi) is 6.48. The predicted octanol–water partition coefficient (Wildman–Crippen LogP) is 3.15. The van der Waals surface area contributed by atoms with Gasteiger partial charge in [-0.3, -0.25) is 0 Å². The molecule has 2 N–H and O–H groups in total. The molecule has 1 aromatic rings. The molecular formula is C13H19BrN2O3S. The summed E-state index contributed by atoms with van der Waals surface area (Å²) in [6, 6.07) is 0.719. The molecule has 0 saturated heterocycles. The van der Waals surface area contributed by atoms with E-state index in [4.69, 9.17) is 5.11 Å². The van der Waals surface area contributed by atoms with Gasteiger partial charge in [0.2, 0.25) is 0 Å². The van der Waals surface area contributed by atoms with Gasteiger partial charge in [0, 0.05) is 13.6 Å². The number of aliphatic carboxylic acids is 1. The number of thiophene rings is 1. The Hall–Kier alpha value is -1.08. The smallest absolute Gasteiger partial charge is 0.326 e. The summed E-state index contributed by atoms with van der Waals surface area (Å²) in [5.41, 5.74) is 1.01. The van der Waals surface area contributed by atoms with Crippen molar-refractivity contribution in [2.45, 2.75) is 32.9 Å². The van der Waals surface area contributed by atoms with Crippen molar-refractivity contribution in [2.24, 2.45) is 5.92 Å². The lowest BCUT2D eigenvalue weighted by atomic mass is 10.0. The molecule has 20 heavy (non-hydrogen) atoms. The Morgan fingerprint density at radius 2 is 2.15 bits per heavy atom. The van der Waals surface area contributed by atoms with Gasteiger partial charge in [-0.2, -0.15) is 0 Å². The molecule has 0 aromatic carbocycles. The molecule has 0 aliphatic heterocycles. The fourth-order valence-corrected chi connectivity index (χ4v) is 2.93. The van der Waals surface area contributed by atoms with Gasteiger partial charge in [-0.25, -0.2) is 9.59 Å². The van der Waals surface area contributed by atoms with Crippen LogP contribution in [0.3, 0.4) is 0 Å². The molecular weight excluding hydrogens is 344 g/mol. The monoisotopic (exact) mass is 362 g/mol. The third kappa shape index (κ3) is 5.50. The van der Waals surface area contributed by atoms with E-state index in [9.17, 15) is 9.59 Å². The van der Waals surface area contributed by atoms with Crippen LogP contribution in [-0.4, -0.2) is 35.1 Å². The summed E-state index contributed by atoms with van der Waals surface area (Å²) >= 11 is 4.92. The van der Waals surface area contributed by atoms with E-state index in [1.165, 1.54) is 4.90 Å². The van der Waals surface area contributed by atoms with E-state index < -0.39 is 12.0 Å². The molecule has 1 aromatic heterocycles. The Morgan fingerprint density at radius 1 is 1.50 bits per heavy atom. The van der Waals surface area contributed by atoms with Gasteiger partial charge in [0.1, 0.15) is 6.04 Å². The summed E-state index contributed by atoms with van der Waals surface area (Å²) in [6.45, 7) is 4.30. The van der Waals surface area contributed by atoms with Crippen molar-refractivity contribution in [1.82, 2.24) is 10.2 Å². The number of amides is 2. The van der Waals surface area contributed by atoms with Gasteiger partial charge in [0.25, 0.3) is 0 Å². The molecule has 0 bridgehead atoms. The molecule has 1 atom stereocenters. The van der Waals surface area contributed by atoms with Crippen LogP contribution in [0, 0.1) is 5.92 Å². The first-order valence-corrected chi connectivity index (χ1v) is 7.94. The van der Waals surface area contributed by atoms with Crippen molar-refractivity contribution < 1.29 is 14.7 Å². The third-order valence-corrected chi connectivity index (χ3v) is 4.24. The van der Waals surface area contributed by atoms with Crippen LogP contribution < -0.4 is 5.32 Å². The van der Waals surface area contributed by atoms with Gasteiger partial charge in [-0.05, 0) is 45.3 Å². The highest BCUT2D eigenvalue weighted by Gasteiger charge is 2.22. The normalized spacial score (nSPS) is 12.2. The number of carbonyl (C=O) groups excluding carboxylic acids is 1. The minimum atomic E-state index is -1.00. The number of halogens is 1. The molecule has 0 fully saturated rings. The van der Waals surface area contributed by atoms with E-state index in [1.54, 1.807) is 18.4 Å². The number of carboxylic acid groups (broad SMARTS) is 1. The second-order valence-corrected chi connectivity index (χ2v) is 7.38. The molecule has 5 nitrogen and oxygen atoms in total. The lowest BCUT2D eigenvalue weighted by Crippen LogP contribution is -2.46. The Morgan fingerprint density at radius 3 is 2.60 bits per heavy atom. The lowest BCUT2D eigenvalue weighted by Gasteiger charge is -2.22. The van der Waals surface area contributed by atoms with Crippen molar-refractivity contribution in [2.75, 3.05) is 7.05 Å². The van der Waals surface area contributed by atoms with E-state index in [-0.39, 0.29) is 11.9 Å². The van der Waals surface area contributed by atoms with E-state index in [1.807, 2.05) is 25.3 Å². The van der Waals surface area contributed by atoms with Gasteiger partial charge in [-0.15, -0.1) is 11.3 Å². The highest BCUT2D eigenvalue weighted by atomic mass is 79.9. The first-order chi connectivity index (χ1) is 9.29. The van der Waals surface area contributed by atoms with E-state index in [0.717, 1.165) is 9.35 Å². The molecule has 0 aliphatic rings. The molecule has 1 rings (SSSR count). The summed E-state index contributed by atoms with van der Waals surface area (Å²) in [7, 11) is 1.65. The predicted molar refractivity (Wildman–Crippen MR) is 82.9 cm³/mol. The second kappa shape index (κ2) is 7.64. The minimum Gasteiger partial charge on any atom is -0.480 e. The van der Waals surface area contributed by atoms with Crippen LogP contribution >= 0.6 is 27.3 Å². The lowest BCUT2D eigenvalue weighted by molar-refractivity contribution is -0.139. The van der Waals surface area contributed by atoms with E-state index in [2.05, 4.69) is 21.2 Å². The SMILES string of the molecule is CC(C)C[C@@H](NC(=O)N(C)Cc1csc(Br)c1)C(=O)O. The van der Waals surface area contributed by atoms with Crippen LogP contribution in [0.15, 0.2) is 15.2 Å². The summed E-state index contributed by atoms with van der Waals surface area (Å²) in [5, 5.41) is 13.6. The first kappa shape index (κ1) is 17.0. The maximum Gasteiger partial charge on any atom is 0.326 e. The largest absolute Gasteiger partial charge is 0.480 e. The number of hydrogen-bond donors (Lipinski definition) is 2. The van der Waals surface area contributed by atoms with Crippen molar-refractivity contribution in [3.8, 4) is 0 Å². The molecule has 1 heterocycles. The Labute approximate surface area is 131 Å². The van der Waals surface area contributed by atoms with Crippen LogP contribution in [0.4, 0.5) is 4.79 Å². The van der Waals surface area contributed by atoms with Crippen LogP contribution in [-0.2, 0) is 11.3 Å². The quantitative estimate of drug-likeness (QED) is 0.816. The summed E-state index contributed by atoms with van der Waals surface area (Å²) in [4.78, 5) is 24.6. The fraction of sp³-hybridized carbons (Fsp3) is 0.538. The van der Waals surface area contributed by atoms with Gasteiger partial charge in [0.05, 0.1) is 3.79 Å². The number of carboxylic acids is 1. The van der Waals surface area contributed by atoms with Gasteiger partial charge in [-0.1, -0.05) is 13.8 Å². The summed E-state index contributed by atoms with van der Waals surface area (Å²) in [5.74, 6) is -0.798. The highest BCUT2D eigenvalue weighted by molar-refractivity contribution is 9.11. The van der Waals surface area contributed by atoms with Crippen molar-refractivity contribution in [3.05, 3.63) is 20.8 Å².